The van der Waals surface area contributed by atoms with Crippen molar-refractivity contribution in [3.8, 4) is 23.1 Å². The summed E-state index contributed by atoms with van der Waals surface area (Å²) >= 11 is 0. The third kappa shape index (κ3) is 3.06. The predicted octanol–water partition coefficient (Wildman–Crippen LogP) is 6.78. The molecule has 0 fully saturated rings. The highest BCUT2D eigenvalue weighted by atomic mass is 16.5. The standard InChI is InChI=1S/C31H19N5O/c1-2-10-21(11-3-1)26-23-16-14-19-8-4-6-12-22(19)28(23)37-31-27(26)30-34-29(35-36(30)18-32-31)25-17-15-20-9-5-7-13-24(20)33-25/h1-18,26H/t26-/m1/s1. The minimum Gasteiger partial charge on any atom is -0.438 e. The molecule has 0 spiro atoms. The topological polar surface area (TPSA) is 65.2 Å². The summed E-state index contributed by atoms with van der Waals surface area (Å²) in [7, 11) is 0. The van der Waals surface area contributed by atoms with Crippen LogP contribution in [0.1, 0.15) is 22.6 Å². The van der Waals surface area contributed by atoms with Crippen molar-refractivity contribution in [2.24, 2.45) is 0 Å². The van der Waals surface area contributed by atoms with Crippen LogP contribution >= 0.6 is 0 Å². The van der Waals surface area contributed by atoms with E-state index in [2.05, 4.69) is 48.5 Å². The van der Waals surface area contributed by atoms with E-state index in [1.807, 2.05) is 54.6 Å². The molecular formula is C31H19N5O. The smallest absolute Gasteiger partial charge is 0.228 e. The van der Waals surface area contributed by atoms with Gasteiger partial charge in [-0.2, -0.15) is 0 Å². The Hall–Kier alpha value is -5.10. The Morgan fingerprint density at radius 3 is 2.41 bits per heavy atom. The summed E-state index contributed by atoms with van der Waals surface area (Å²) in [5.41, 5.74) is 5.46. The van der Waals surface area contributed by atoms with Gasteiger partial charge < -0.3 is 4.74 Å². The molecule has 1 aliphatic heterocycles. The summed E-state index contributed by atoms with van der Waals surface area (Å²) in [5.74, 6) is 1.84. The van der Waals surface area contributed by atoms with E-state index in [1.165, 1.54) is 0 Å². The van der Waals surface area contributed by atoms with Crippen molar-refractivity contribution < 1.29 is 4.74 Å². The molecule has 0 bridgehead atoms. The summed E-state index contributed by atoms with van der Waals surface area (Å²) in [6.45, 7) is 0. The maximum atomic E-state index is 6.52. The molecule has 1 atom stereocenters. The number of hydrogen-bond donors (Lipinski definition) is 0. The Kier molecular flexibility index (Phi) is 4.19. The van der Waals surface area contributed by atoms with Gasteiger partial charge in [0.15, 0.2) is 5.65 Å². The van der Waals surface area contributed by atoms with Crippen LogP contribution in [0.2, 0.25) is 0 Å². The fraction of sp³-hybridized carbons (Fsp3) is 0.0323. The number of para-hydroxylation sites is 1. The zero-order chi connectivity index (χ0) is 24.3. The van der Waals surface area contributed by atoms with Crippen LogP contribution in [0.15, 0.2) is 109 Å². The van der Waals surface area contributed by atoms with E-state index in [4.69, 9.17) is 24.8 Å². The highest BCUT2D eigenvalue weighted by molar-refractivity contribution is 5.91. The van der Waals surface area contributed by atoms with E-state index in [9.17, 15) is 0 Å². The number of pyridine rings is 1. The van der Waals surface area contributed by atoms with Gasteiger partial charge >= 0.3 is 0 Å². The molecule has 3 aromatic heterocycles. The average molecular weight is 478 g/mol. The first-order valence-electron chi connectivity index (χ1n) is 12.2. The third-order valence-corrected chi connectivity index (χ3v) is 7.06. The number of benzene rings is 4. The molecule has 0 unspecified atom stereocenters. The summed E-state index contributed by atoms with van der Waals surface area (Å²) in [6.07, 6.45) is 1.67. The molecule has 0 N–H and O–H groups in total. The van der Waals surface area contributed by atoms with Gasteiger partial charge in [-0.05, 0) is 23.1 Å². The van der Waals surface area contributed by atoms with Gasteiger partial charge in [-0.15, -0.1) is 5.10 Å². The van der Waals surface area contributed by atoms with Gasteiger partial charge in [-0.1, -0.05) is 91.0 Å². The van der Waals surface area contributed by atoms with Gasteiger partial charge in [0.1, 0.15) is 17.8 Å². The number of hydrogen-bond acceptors (Lipinski definition) is 5. The Morgan fingerprint density at radius 1 is 0.703 bits per heavy atom. The molecule has 7 aromatic rings. The normalized spacial score (nSPS) is 14.4. The van der Waals surface area contributed by atoms with Gasteiger partial charge in [0.25, 0.3) is 0 Å². The second kappa shape index (κ2) is 7.70. The molecule has 6 heteroatoms. The number of ether oxygens (including phenoxy) is 1. The maximum absolute atomic E-state index is 6.52. The van der Waals surface area contributed by atoms with Gasteiger partial charge in [0, 0.05) is 22.3 Å². The Bertz CT molecular complexity index is 1980. The molecule has 6 nitrogen and oxygen atoms in total. The van der Waals surface area contributed by atoms with Crippen LogP contribution in [0.5, 0.6) is 11.6 Å². The molecule has 0 aliphatic carbocycles. The van der Waals surface area contributed by atoms with Crippen molar-refractivity contribution in [1.29, 1.82) is 0 Å². The lowest BCUT2D eigenvalue weighted by Gasteiger charge is -2.28. The predicted molar refractivity (Wildman–Crippen MR) is 143 cm³/mol. The number of nitrogens with zero attached hydrogens (tertiary/aromatic N) is 5. The van der Waals surface area contributed by atoms with E-state index in [0.29, 0.717) is 17.4 Å². The minimum atomic E-state index is -0.109. The average Bonchev–Trinajstić information content (AvgIpc) is 3.41. The van der Waals surface area contributed by atoms with Crippen molar-refractivity contribution in [2.75, 3.05) is 0 Å². The van der Waals surface area contributed by atoms with Crippen molar-refractivity contribution in [1.82, 2.24) is 24.6 Å². The Labute approximate surface area is 211 Å². The van der Waals surface area contributed by atoms with Crippen LogP contribution in [-0.2, 0) is 0 Å². The molecule has 4 heterocycles. The van der Waals surface area contributed by atoms with Crippen molar-refractivity contribution >= 4 is 27.3 Å². The SMILES string of the molecule is c1ccc([C@@H]2c3ccc4ccccc4c3Oc3ncn4nc(-c5ccc6ccccc6n5)nc4c32)cc1. The zero-order valence-corrected chi connectivity index (χ0v) is 19.6. The van der Waals surface area contributed by atoms with Crippen molar-refractivity contribution in [3.05, 3.63) is 126 Å². The molecule has 0 saturated heterocycles. The van der Waals surface area contributed by atoms with Crippen molar-refractivity contribution in [2.45, 2.75) is 5.92 Å². The lowest BCUT2D eigenvalue weighted by atomic mass is 9.83. The molecule has 0 amide bonds. The van der Waals surface area contributed by atoms with Crippen LogP contribution in [-0.4, -0.2) is 24.6 Å². The molecule has 174 valence electrons. The first kappa shape index (κ1) is 20.1. The Balaban J connectivity index is 1.38. The summed E-state index contributed by atoms with van der Waals surface area (Å²) in [4.78, 5) is 14.5. The van der Waals surface area contributed by atoms with E-state index >= 15 is 0 Å². The van der Waals surface area contributed by atoms with E-state index < -0.39 is 0 Å². The fourth-order valence-electron chi connectivity index (χ4n) is 5.34. The number of aromatic nitrogens is 5. The van der Waals surface area contributed by atoms with Gasteiger partial charge in [-0.3, -0.25) is 0 Å². The number of fused-ring (bicyclic) bond motifs is 7. The molecule has 0 radical (unpaired) electrons. The van der Waals surface area contributed by atoms with E-state index in [0.717, 1.165) is 49.8 Å². The molecule has 4 aromatic carbocycles. The zero-order valence-electron chi connectivity index (χ0n) is 19.6. The van der Waals surface area contributed by atoms with Crippen LogP contribution in [0.4, 0.5) is 0 Å². The van der Waals surface area contributed by atoms with E-state index in [1.54, 1.807) is 10.8 Å². The first-order chi connectivity index (χ1) is 18.3. The van der Waals surface area contributed by atoms with Crippen LogP contribution < -0.4 is 4.74 Å². The third-order valence-electron chi connectivity index (χ3n) is 7.06. The minimum absolute atomic E-state index is 0.109. The molecule has 0 saturated carbocycles. The second-order valence-corrected chi connectivity index (χ2v) is 9.21. The fourth-order valence-corrected chi connectivity index (χ4v) is 5.34. The van der Waals surface area contributed by atoms with Gasteiger partial charge in [0.05, 0.1) is 11.1 Å². The highest BCUT2D eigenvalue weighted by Crippen LogP contribution is 2.50. The second-order valence-electron chi connectivity index (χ2n) is 9.21. The summed E-state index contributed by atoms with van der Waals surface area (Å²) < 4.78 is 8.25. The molecule has 1 aliphatic rings. The van der Waals surface area contributed by atoms with Crippen LogP contribution in [0.25, 0.3) is 38.8 Å². The molecule has 37 heavy (non-hydrogen) atoms. The highest BCUT2D eigenvalue weighted by Gasteiger charge is 2.34. The van der Waals surface area contributed by atoms with Gasteiger partial charge in [-0.25, -0.2) is 19.5 Å². The lowest BCUT2D eigenvalue weighted by Crippen LogP contribution is -2.15. The molecular weight excluding hydrogens is 458 g/mol. The van der Waals surface area contributed by atoms with Crippen LogP contribution in [0, 0.1) is 0 Å². The van der Waals surface area contributed by atoms with Crippen LogP contribution in [0.3, 0.4) is 0 Å². The monoisotopic (exact) mass is 477 g/mol. The summed E-state index contributed by atoms with van der Waals surface area (Å²) in [5, 5.41) is 8.03. The van der Waals surface area contributed by atoms with Crippen molar-refractivity contribution in [3.63, 3.8) is 0 Å². The molecule has 8 rings (SSSR count). The largest absolute Gasteiger partial charge is 0.438 e. The quantitative estimate of drug-likeness (QED) is 0.275. The lowest BCUT2D eigenvalue weighted by molar-refractivity contribution is 0.437. The number of rotatable bonds is 2. The Morgan fingerprint density at radius 2 is 1.49 bits per heavy atom. The van der Waals surface area contributed by atoms with E-state index in [-0.39, 0.29) is 5.92 Å². The maximum Gasteiger partial charge on any atom is 0.228 e. The first-order valence-corrected chi connectivity index (χ1v) is 12.2. The summed E-state index contributed by atoms with van der Waals surface area (Å²) in [6, 6.07) is 35.1. The van der Waals surface area contributed by atoms with Gasteiger partial charge in [0.2, 0.25) is 11.7 Å².